The molecule has 0 heterocycles. The third-order valence-electron chi connectivity index (χ3n) is 1.57. The molecule has 0 fully saturated rings. The molecule has 0 saturated carbocycles. The first-order chi connectivity index (χ1) is 6.24. The Bertz CT molecular complexity index is 282. The number of carboxylic acids is 1. The van der Waals surface area contributed by atoms with Crippen molar-refractivity contribution in [3.8, 4) is 5.75 Å². The van der Waals surface area contributed by atoms with E-state index >= 15 is 0 Å². The van der Waals surface area contributed by atoms with Crippen LogP contribution in [0.2, 0.25) is 0 Å². The molecule has 0 spiro atoms. The zero-order chi connectivity index (χ0) is 9.68. The van der Waals surface area contributed by atoms with Gasteiger partial charge in [-0.15, -0.1) is 12.4 Å². The molecule has 4 heteroatoms. The molecular formula is C10H13ClO3. The summed E-state index contributed by atoms with van der Waals surface area (Å²) in [6.45, 7) is 2.68. The van der Waals surface area contributed by atoms with Crippen LogP contribution in [-0.2, 0) is 0 Å². The van der Waals surface area contributed by atoms with Crippen LogP contribution in [0.15, 0.2) is 24.3 Å². The van der Waals surface area contributed by atoms with E-state index in [4.69, 9.17) is 9.84 Å². The first kappa shape index (κ1) is 12.8. The standard InChI is InChI=1S/C10H12O3.ClH/c1-2-7-13-9-5-3-8(4-6-9)10(11)12;/h3-6H,2,7H2,1H3,(H,11,12);1H. The van der Waals surface area contributed by atoms with Gasteiger partial charge in [0, 0.05) is 0 Å². The van der Waals surface area contributed by atoms with E-state index in [1.807, 2.05) is 6.92 Å². The Hall–Kier alpha value is -1.22. The van der Waals surface area contributed by atoms with Gasteiger partial charge in [0.25, 0.3) is 0 Å². The van der Waals surface area contributed by atoms with Crippen LogP contribution in [0.1, 0.15) is 23.7 Å². The molecule has 1 aromatic rings. The van der Waals surface area contributed by atoms with Gasteiger partial charge in [-0.2, -0.15) is 0 Å². The summed E-state index contributed by atoms with van der Waals surface area (Å²) in [5.74, 6) is -0.200. The summed E-state index contributed by atoms with van der Waals surface area (Å²) in [4.78, 5) is 10.5. The van der Waals surface area contributed by atoms with E-state index in [0.29, 0.717) is 12.4 Å². The average Bonchev–Trinajstić information content (AvgIpc) is 2.15. The monoisotopic (exact) mass is 216 g/mol. The zero-order valence-corrected chi connectivity index (χ0v) is 8.71. The summed E-state index contributed by atoms with van der Waals surface area (Å²) in [5.41, 5.74) is 0.281. The molecule has 1 rings (SSSR count). The lowest BCUT2D eigenvalue weighted by Crippen LogP contribution is -1.97. The van der Waals surface area contributed by atoms with Gasteiger partial charge in [0.1, 0.15) is 5.75 Å². The molecule has 0 atom stereocenters. The van der Waals surface area contributed by atoms with Gasteiger partial charge in [0.15, 0.2) is 0 Å². The number of rotatable bonds is 4. The normalized spacial score (nSPS) is 8.93. The van der Waals surface area contributed by atoms with Crippen molar-refractivity contribution in [3.05, 3.63) is 29.8 Å². The summed E-state index contributed by atoms with van der Waals surface area (Å²) in [7, 11) is 0. The van der Waals surface area contributed by atoms with Crippen molar-refractivity contribution in [1.29, 1.82) is 0 Å². The van der Waals surface area contributed by atoms with Gasteiger partial charge in [-0.25, -0.2) is 4.79 Å². The molecule has 3 nitrogen and oxygen atoms in total. The van der Waals surface area contributed by atoms with Crippen molar-refractivity contribution in [2.45, 2.75) is 13.3 Å². The predicted molar refractivity (Wildman–Crippen MR) is 56.4 cm³/mol. The minimum absolute atomic E-state index is 0. The Morgan fingerprint density at radius 1 is 1.36 bits per heavy atom. The summed E-state index contributed by atoms with van der Waals surface area (Å²) in [5, 5.41) is 8.61. The van der Waals surface area contributed by atoms with Crippen LogP contribution in [0.3, 0.4) is 0 Å². The van der Waals surface area contributed by atoms with Crippen molar-refractivity contribution in [3.63, 3.8) is 0 Å². The van der Waals surface area contributed by atoms with Crippen LogP contribution in [-0.4, -0.2) is 17.7 Å². The Balaban J connectivity index is 0.00000169. The van der Waals surface area contributed by atoms with Crippen LogP contribution >= 0.6 is 12.4 Å². The highest BCUT2D eigenvalue weighted by Gasteiger charge is 2.01. The van der Waals surface area contributed by atoms with E-state index in [1.165, 1.54) is 12.1 Å². The van der Waals surface area contributed by atoms with Gasteiger partial charge in [-0.05, 0) is 30.7 Å². The number of benzene rings is 1. The highest BCUT2D eigenvalue weighted by Crippen LogP contribution is 2.12. The number of halogens is 1. The minimum Gasteiger partial charge on any atom is -0.494 e. The third kappa shape index (κ3) is 3.66. The molecule has 0 bridgehead atoms. The largest absolute Gasteiger partial charge is 0.494 e. The lowest BCUT2D eigenvalue weighted by atomic mass is 10.2. The quantitative estimate of drug-likeness (QED) is 0.842. The topological polar surface area (TPSA) is 46.5 Å². The number of hydrogen-bond acceptors (Lipinski definition) is 2. The molecule has 0 unspecified atom stereocenters. The van der Waals surface area contributed by atoms with E-state index in [1.54, 1.807) is 12.1 Å². The van der Waals surface area contributed by atoms with Crippen molar-refractivity contribution in [2.24, 2.45) is 0 Å². The fourth-order valence-corrected chi connectivity index (χ4v) is 0.914. The van der Waals surface area contributed by atoms with Crippen molar-refractivity contribution in [2.75, 3.05) is 6.61 Å². The second-order valence-electron chi connectivity index (χ2n) is 2.68. The molecule has 0 aliphatic carbocycles. The number of aromatic carboxylic acids is 1. The van der Waals surface area contributed by atoms with E-state index in [2.05, 4.69) is 0 Å². The van der Waals surface area contributed by atoms with Gasteiger partial charge in [0.05, 0.1) is 12.2 Å². The van der Waals surface area contributed by atoms with Crippen molar-refractivity contribution >= 4 is 18.4 Å². The third-order valence-corrected chi connectivity index (χ3v) is 1.57. The summed E-state index contributed by atoms with van der Waals surface area (Å²) < 4.78 is 5.30. The van der Waals surface area contributed by atoms with Gasteiger partial charge in [-0.3, -0.25) is 0 Å². The number of carboxylic acid groups (broad SMARTS) is 1. The SMILES string of the molecule is CCCOc1ccc(C(=O)O)cc1.Cl. The Morgan fingerprint density at radius 3 is 2.36 bits per heavy atom. The smallest absolute Gasteiger partial charge is 0.335 e. The summed E-state index contributed by atoms with van der Waals surface area (Å²) in [6.07, 6.45) is 0.945. The van der Waals surface area contributed by atoms with Crippen LogP contribution in [0.25, 0.3) is 0 Å². The highest BCUT2D eigenvalue weighted by atomic mass is 35.5. The number of carbonyl (C=O) groups is 1. The molecule has 1 aromatic carbocycles. The van der Waals surface area contributed by atoms with E-state index in [-0.39, 0.29) is 18.0 Å². The fraction of sp³-hybridized carbons (Fsp3) is 0.300. The van der Waals surface area contributed by atoms with Crippen molar-refractivity contribution < 1.29 is 14.6 Å². The number of hydrogen-bond donors (Lipinski definition) is 1. The molecule has 14 heavy (non-hydrogen) atoms. The second kappa shape index (κ2) is 6.27. The van der Waals surface area contributed by atoms with E-state index < -0.39 is 5.97 Å². The second-order valence-corrected chi connectivity index (χ2v) is 2.68. The van der Waals surface area contributed by atoms with Crippen molar-refractivity contribution in [1.82, 2.24) is 0 Å². The van der Waals surface area contributed by atoms with Gasteiger partial charge >= 0.3 is 5.97 Å². The van der Waals surface area contributed by atoms with Gasteiger partial charge in [0.2, 0.25) is 0 Å². The Morgan fingerprint density at radius 2 is 1.93 bits per heavy atom. The lowest BCUT2D eigenvalue weighted by Gasteiger charge is -2.03. The Kier molecular flexibility index (Phi) is 5.72. The van der Waals surface area contributed by atoms with E-state index in [9.17, 15) is 4.79 Å². The van der Waals surface area contributed by atoms with Gasteiger partial charge < -0.3 is 9.84 Å². The fourth-order valence-electron chi connectivity index (χ4n) is 0.914. The average molecular weight is 217 g/mol. The molecule has 0 radical (unpaired) electrons. The maximum atomic E-state index is 10.5. The van der Waals surface area contributed by atoms with Crippen LogP contribution in [0.4, 0.5) is 0 Å². The molecule has 0 aromatic heterocycles. The first-order valence-electron chi connectivity index (χ1n) is 4.20. The van der Waals surface area contributed by atoms with Crippen LogP contribution < -0.4 is 4.74 Å². The molecule has 1 N–H and O–H groups in total. The molecule has 0 aliphatic rings. The summed E-state index contributed by atoms with van der Waals surface area (Å²) >= 11 is 0. The molecule has 0 saturated heterocycles. The van der Waals surface area contributed by atoms with Crippen LogP contribution in [0, 0.1) is 0 Å². The maximum absolute atomic E-state index is 10.5. The predicted octanol–water partition coefficient (Wildman–Crippen LogP) is 2.60. The zero-order valence-electron chi connectivity index (χ0n) is 7.90. The highest BCUT2D eigenvalue weighted by molar-refractivity contribution is 5.87. The maximum Gasteiger partial charge on any atom is 0.335 e. The first-order valence-corrected chi connectivity index (χ1v) is 4.20. The number of ether oxygens (including phenoxy) is 1. The molecule has 0 aliphatic heterocycles. The molecule has 0 amide bonds. The van der Waals surface area contributed by atoms with Gasteiger partial charge in [-0.1, -0.05) is 6.92 Å². The van der Waals surface area contributed by atoms with Crippen LogP contribution in [0.5, 0.6) is 5.75 Å². The lowest BCUT2D eigenvalue weighted by molar-refractivity contribution is 0.0697. The molecule has 78 valence electrons. The van der Waals surface area contributed by atoms with E-state index in [0.717, 1.165) is 6.42 Å². The summed E-state index contributed by atoms with van der Waals surface area (Å²) in [6, 6.07) is 6.40. The Labute approximate surface area is 89.1 Å². The minimum atomic E-state index is -0.915. The molecular weight excluding hydrogens is 204 g/mol.